The third-order valence-corrected chi connectivity index (χ3v) is 4.90. The van der Waals surface area contributed by atoms with E-state index in [4.69, 9.17) is 4.74 Å². The number of imidazole rings is 1. The summed E-state index contributed by atoms with van der Waals surface area (Å²) in [6.45, 7) is 2.47. The number of hydrogen-bond acceptors (Lipinski definition) is 4. The average molecular weight is 416 g/mol. The minimum absolute atomic E-state index is 0.204. The van der Waals surface area contributed by atoms with Crippen LogP contribution >= 0.6 is 0 Å². The number of rotatable bonds is 4. The number of carbonyl (C=O) groups is 1. The fourth-order valence-corrected chi connectivity index (χ4v) is 3.38. The molecule has 30 heavy (non-hydrogen) atoms. The number of aryl methyl sites for hydroxylation is 1. The molecule has 0 unspecified atom stereocenters. The van der Waals surface area contributed by atoms with Crippen LogP contribution in [0.1, 0.15) is 28.2 Å². The molecule has 0 N–H and O–H groups in total. The van der Waals surface area contributed by atoms with Crippen LogP contribution in [0.25, 0.3) is 5.69 Å². The number of benzene rings is 1. The van der Waals surface area contributed by atoms with Gasteiger partial charge in [-0.15, -0.1) is 0 Å². The molecule has 156 valence electrons. The van der Waals surface area contributed by atoms with Gasteiger partial charge in [-0.1, -0.05) is 12.1 Å². The van der Waals surface area contributed by atoms with Crippen molar-refractivity contribution >= 4 is 5.91 Å². The van der Waals surface area contributed by atoms with E-state index in [2.05, 4.69) is 9.97 Å². The summed E-state index contributed by atoms with van der Waals surface area (Å²) >= 11 is 0. The van der Waals surface area contributed by atoms with Gasteiger partial charge in [-0.25, -0.2) is 9.97 Å². The number of amides is 1. The summed E-state index contributed by atoms with van der Waals surface area (Å²) in [4.78, 5) is 22.7. The molecule has 0 bridgehead atoms. The number of pyridine rings is 1. The second-order valence-electron chi connectivity index (χ2n) is 7.10. The monoisotopic (exact) mass is 416 g/mol. The van der Waals surface area contributed by atoms with E-state index in [1.807, 2.05) is 13.1 Å². The first-order chi connectivity index (χ1) is 14.3. The van der Waals surface area contributed by atoms with E-state index in [1.165, 1.54) is 18.2 Å². The fraction of sp³-hybridized carbons (Fsp3) is 0.286. The highest BCUT2D eigenvalue weighted by atomic mass is 19.4. The highest BCUT2D eigenvalue weighted by Gasteiger charge is 2.36. The van der Waals surface area contributed by atoms with Crippen LogP contribution in [-0.4, -0.2) is 44.5 Å². The molecule has 0 spiro atoms. The Morgan fingerprint density at radius 3 is 2.63 bits per heavy atom. The molecular formula is C21H19F3N4O2. The first-order valence-corrected chi connectivity index (χ1v) is 9.40. The van der Waals surface area contributed by atoms with Gasteiger partial charge in [0, 0.05) is 19.2 Å². The maximum Gasteiger partial charge on any atom is 0.419 e. The molecular weight excluding hydrogens is 397 g/mol. The minimum Gasteiger partial charge on any atom is -0.488 e. The molecule has 0 radical (unpaired) electrons. The van der Waals surface area contributed by atoms with E-state index >= 15 is 0 Å². The largest absolute Gasteiger partial charge is 0.488 e. The maximum atomic E-state index is 13.1. The lowest BCUT2D eigenvalue weighted by atomic mass is 10.2. The van der Waals surface area contributed by atoms with Gasteiger partial charge >= 0.3 is 6.18 Å². The minimum atomic E-state index is -4.50. The van der Waals surface area contributed by atoms with Crippen molar-refractivity contribution in [1.29, 1.82) is 0 Å². The molecule has 1 aromatic carbocycles. The van der Waals surface area contributed by atoms with E-state index in [9.17, 15) is 18.0 Å². The van der Waals surface area contributed by atoms with Gasteiger partial charge in [0.05, 0.1) is 36.0 Å². The van der Waals surface area contributed by atoms with Crippen molar-refractivity contribution in [2.45, 2.75) is 25.6 Å². The summed E-state index contributed by atoms with van der Waals surface area (Å²) in [6, 6.07) is 8.49. The Balaban J connectivity index is 1.42. The van der Waals surface area contributed by atoms with Crippen LogP contribution in [0.3, 0.4) is 0 Å². The van der Waals surface area contributed by atoms with Crippen molar-refractivity contribution in [3.63, 3.8) is 0 Å². The van der Waals surface area contributed by atoms with Crippen LogP contribution in [-0.2, 0) is 6.18 Å². The Hall–Kier alpha value is -3.36. The van der Waals surface area contributed by atoms with E-state index in [-0.39, 0.29) is 23.9 Å². The van der Waals surface area contributed by atoms with Crippen LogP contribution in [0, 0.1) is 6.92 Å². The van der Waals surface area contributed by atoms with Crippen molar-refractivity contribution in [2.24, 2.45) is 0 Å². The Morgan fingerprint density at radius 1 is 1.17 bits per heavy atom. The van der Waals surface area contributed by atoms with Gasteiger partial charge in [-0.05, 0) is 31.2 Å². The second-order valence-corrected chi connectivity index (χ2v) is 7.10. The van der Waals surface area contributed by atoms with Crippen LogP contribution in [0.2, 0.25) is 0 Å². The number of nitrogens with zero attached hydrogens (tertiary/aromatic N) is 4. The zero-order valence-corrected chi connectivity index (χ0v) is 16.1. The van der Waals surface area contributed by atoms with Gasteiger partial charge in [-0.2, -0.15) is 13.2 Å². The lowest BCUT2D eigenvalue weighted by Gasteiger charge is -2.19. The van der Waals surface area contributed by atoms with Gasteiger partial charge in [0.25, 0.3) is 5.91 Å². The summed E-state index contributed by atoms with van der Waals surface area (Å²) < 4.78 is 46.8. The fourth-order valence-electron chi connectivity index (χ4n) is 3.38. The van der Waals surface area contributed by atoms with Crippen LogP contribution in [0.15, 0.2) is 55.1 Å². The summed E-state index contributed by atoms with van der Waals surface area (Å²) in [6.07, 6.45) is 0.534. The number of hydrogen-bond donors (Lipinski definition) is 0. The van der Waals surface area contributed by atoms with Crippen LogP contribution in [0.4, 0.5) is 13.2 Å². The molecule has 1 aliphatic heterocycles. The van der Waals surface area contributed by atoms with Crippen molar-refractivity contribution in [1.82, 2.24) is 19.4 Å². The number of likely N-dealkylation sites (tertiary alicyclic amines) is 1. The number of aromatic nitrogens is 3. The van der Waals surface area contributed by atoms with Crippen molar-refractivity contribution in [3.8, 4) is 11.4 Å². The molecule has 0 saturated carbocycles. The number of para-hydroxylation sites is 1. The van der Waals surface area contributed by atoms with E-state index in [1.54, 1.807) is 34.1 Å². The van der Waals surface area contributed by atoms with Crippen molar-refractivity contribution in [2.75, 3.05) is 13.1 Å². The van der Waals surface area contributed by atoms with Gasteiger partial charge < -0.3 is 14.2 Å². The molecule has 1 atom stereocenters. The van der Waals surface area contributed by atoms with Crippen LogP contribution < -0.4 is 4.74 Å². The highest BCUT2D eigenvalue weighted by Crippen LogP contribution is 2.36. The van der Waals surface area contributed by atoms with Gasteiger partial charge in [0.1, 0.15) is 17.5 Å². The zero-order chi connectivity index (χ0) is 21.3. The summed E-state index contributed by atoms with van der Waals surface area (Å²) in [5.41, 5.74) is 1.09. The zero-order valence-electron chi connectivity index (χ0n) is 16.1. The van der Waals surface area contributed by atoms with Gasteiger partial charge in [-0.3, -0.25) is 4.79 Å². The molecule has 1 saturated heterocycles. The number of ether oxygens (including phenoxy) is 1. The smallest absolute Gasteiger partial charge is 0.419 e. The van der Waals surface area contributed by atoms with E-state index in [0.29, 0.717) is 13.0 Å². The predicted molar refractivity (Wildman–Crippen MR) is 102 cm³/mol. The van der Waals surface area contributed by atoms with E-state index < -0.39 is 17.8 Å². The molecule has 4 rings (SSSR count). The molecule has 2 aromatic heterocycles. The Kier molecular flexibility index (Phi) is 5.19. The highest BCUT2D eigenvalue weighted by molar-refractivity contribution is 5.92. The third-order valence-electron chi connectivity index (χ3n) is 4.90. The summed E-state index contributed by atoms with van der Waals surface area (Å²) in [5.74, 6) is -0.499. The first kappa shape index (κ1) is 19.9. The Bertz CT molecular complexity index is 1050. The topological polar surface area (TPSA) is 60.2 Å². The SMILES string of the molecule is Cc1cn(-c2ccc(C(=O)N3CC[C@H](Oc4ccccc4C(F)(F)F)C3)nc2)cn1. The lowest BCUT2D eigenvalue weighted by molar-refractivity contribution is -0.139. The molecule has 1 aliphatic rings. The predicted octanol–water partition coefficient (Wildman–Crippen LogP) is 3.89. The molecule has 0 aliphatic carbocycles. The normalized spacial score (nSPS) is 16.7. The molecule has 6 nitrogen and oxygen atoms in total. The third kappa shape index (κ3) is 4.14. The molecule has 3 heterocycles. The summed E-state index contributed by atoms with van der Waals surface area (Å²) in [5, 5.41) is 0. The molecule has 9 heteroatoms. The summed E-state index contributed by atoms with van der Waals surface area (Å²) in [7, 11) is 0. The van der Waals surface area contributed by atoms with Crippen LogP contribution in [0.5, 0.6) is 5.75 Å². The van der Waals surface area contributed by atoms with Crippen molar-refractivity contribution < 1.29 is 22.7 Å². The quantitative estimate of drug-likeness (QED) is 0.648. The number of alkyl halides is 3. The number of halogens is 3. The molecule has 3 aromatic rings. The maximum absolute atomic E-state index is 13.1. The molecule has 1 amide bonds. The van der Waals surface area contributed by atoms with Crippen molar-refractivity contribution in [3.05, 3.63) is 72.1 Å². The Labute approximate surface area is 170 Å². The standard InChI is InChI=1S/C21H19F3N4O2/c1-14-11-28(13-26-14)15-6-7-18(25-10-15)20(29)27-9-8-16(12-27)30-19-5-3-2-4-17(19)21(22,23)24/h2-7,10-11,13,16H,8-9,12H2,1H3/t16-/m0/s1. The number of carbonyl (C=O) groups excluding carboxylic acids is 1. The Morgan fingerprint density at radius 2 is 1.97 bits per heavy atom. The van der Waals surface area contributed by atoms with E-state index in [0.717, 1.165) is 17.4 Å². The van der Waals surface area contributed by atoms with Gasteiger partial charge in [0.2, 0.25) is 0 Å². The van der Waals surface area contributed by atoms with Gasteiger partial charge in [0.15, 0.2) is 0 Å². The lowest BCUT2D eigenvalue weighted by Crippen LogP contribution is -2.31. The average Bonchev–Trinajstić information content (AvgIpc) is 3.36. The molecule has 1 fully saturated rings. The first-order valence-electron chi connectivity index (χ1n) is 9.40. The second kappa shape index (κ2) is 7.81.